The summed E-state index contributed by atoms with van der Waals surface area (Å²) in [5.74, 6) is -0.336. The zero-order chi connectivity index (χ0) is 17.7. The van der Waals surface area contributed by atoms with E-state index in [0.717, 1.165) is 19.3 Å². The molecule has 0 spiro atoms. The van der Waals surface area contributed by atoms with Gasteiger partial charge >= 0.3 is 0 Å². The van der Waals surface area contributed by atoms with Gasteiger partial charge in [0.1, 0.15) is 11.3 Å². The second-order valence-electron chi connectivity index (χ2n) is 5.92. The molecule has 0 heterocycles. The van der Waals surface area contributed by atoms with Gasteiger partial charge in [-0.05, 0) is 18.9 Å². The van der Waals surface area contributed by atoms with Crippen LogP contribution in [0.3, 0.4) is 0 Å². The Bertz CT molecular complexity index is 653. The summed E-state index contributed by atoms with van der Waals surface area (Å²) in [5.41, 5.74) is -0.921. The van der Waals surface area contributed by atoms with Crippen LogP contribution in [-0.4, -0.2) is 29.4 Å². The van der Waals surface area contributed by atoms with Crippen LogP contribution in [0.15, 0.2) is 18.2 Å². The van der Waals surface area contributed by atoms with Gasteiger partial charge in [-0.25, -0.2) is 0 Å². The zero-order valence-electron chi connectivity index (χ0n) is 13.8. The number of amides is 2. The maximum absolute atomic E-state index is 12.8. The van der Waals surface area contributed by atoms with E-state index in [1.807, 2.05) is 0 Å². The van der Waals surface area contributed by atoms with E-state index >= 15 is 0 Å². The van der Waals surface area contributed by atoms with Gasteiger partial charge in [-0.2, -0.15) is 0 Å². The average molecular weight is 335 g/mol. The molecular formula is C16H21N3O5. The molecule has 1 aromatic rings. The van der Waals surface area contributed by atoms with Crippen LogP contribution in [0.25, 0.3) is 0 Å². The van der Waals surface area contributed by atoms with Crippen molar-refractivity contribution in [3.05, 3.63) is 28.3 Å². The lowest BCUT2D eigenvalue weighted by Crippen LogP contribution is -2.57. The standard InChI is InChI=1S/C16H21N3O5/c1-11(20)18-16(8-4-3-5-9-16)15(21)17-13-10-12(19(22)23)6-7-14(13)24-2/h6-7,10H,3-5,8-9H2,1-2H3,(H,17,21)(H,18,20). The van der Waals surface area contributed by atoms with Crippen molar-refractivity contribution in [2.45, 2.75) is 44.6 Å². The maximum atomic E-state index is 12.8. The molecule has 1 fully saturated rings. The molecule has 24 heavy (non-hydrogen) atoms. The summed E-state index contributed by atoms with van der Waals surface area (Å²) < 4.78 is 5.16. The zero-order valence-corrected chi connectivity index (χ0v) is 13.8. The Morgan fingerprint density at radius 1 is 1.25 bits per heavy atom. The van der Waals surface area contributed by atoms with Crippen LogP contribution in [0, 0.1) is 10.1 Å². The van der Waals surface area contributed by atoms with E-state index in [9.17, 15) is 19.7 Å². The SMILES string of the molecule is COc1ccc([N+](=O)[O-])cc1NC(=O)C1(NC(C)=O)CCCCC1. The Kier molecular flexibility index (Phi) is 5.38. The molecule has 0 atom stereocenters. The number of benzene rings is 1. The number of nitro groups is 1. The van der Waals surface area contributed by atoms with Crippen LogP contribution < -0.4 is 15.4 Å². The van der Waals surface area contributed by atoms with E-state index in [4.69, 9.17) is 4.74 Å². The van der Waals surface area contributed by atoms with Gasteiger partial charge in [-0.1, -0.05) is 19.3 Å². The highest BCUT2D eigenvalue weighted by molar-refractivity contribution is 6.01. The number of carbonyl (C=O) groups excluding carboxylic acids is 2. The minimum Gasteiger partial charge on any atom is -0.495 e. The van der Waals surface area contributed by atoms with Crippen molar-refractivity contribution in [3.8, 4) is 5.75 Å². The Balaban J connectivity index is 2.30. The van der Waals surface area contributed by atoms with Crippen LogP contribution in [0.1, 0.15) is 39.0 Å². The summed E-state index contributed by atoms with van der Waals surface area (Å²) >= 11 is 0. The highest BCUT2D eigenvalue weighted by Crippen LogP contribution is 2.33. The molecule has 1 aromatic carbocycles. The molecule has 0 unspecified atom stereocenters. The Morgan fingerprint density at radius 3 is 2.46 bits per heavy atom. The van der Waals surface area contributed by atoms with E-state index in [1.54, 1.807) is 0 Å². The second-order valence-corrected chi connectivity index (χ2v) is 5.92. The van der Waals surface area contributed by atoms with E-state index in [0.29, 0.717) is 18.6 Å². The molecule has 2 N–H and O–H groups in total. The van der Waals surface area contributed by atoms with Crippen molar-refractivity contribution >= 4 is 23.2 Å². The topological polar surface area (TPSA) is 111 Å². The smallest absolute Gasteiger partial charge is 0.271 e. The van der Waals surface area contributed by atoms with E-state index < -0.39 is 10.5 Å². The summed E-state index contributed by atoms with van der Waals surface area (Å²) in [6.45, 7) is 1.37. The van der Waals surface area contributed by atoms with Crippen molar-refractivity contribution in [1.82, 2.24) is 5.32 Å². The fourth-order valence-corrected chi connectivity index (χ4v) is 3.05. The second kappa shape index (κ2) is 7.29. The summed E-state index contributed by atoms with van der Waals surface area (Å²) in [6, 6.07) is 3.99. The van der Waals surface area contributed by atoms with E-state index in [1.165, 1.54) is 32.2 Å². The van der Waals surface area contributed by atoms with Crippen LogP contribution >= 0.6 is 0 Å². The van der Waals surface area contributed by atoms with Gasteiger partial charge in [0.25, 0.3) is 5.69 Å². The van der Waals surface area contributed by atoms with Gasteiger partial charge in [-0.15, -0.1) is 0 Å². The molecule has 0 radical (unpaired) electrons. The number of rotatable bonds is 5. The third-order valence-electron chi connectivity index (χ3n) is 4.20. The molecular weight excluding hydrogens is 314 g/mol. The number of nitrogens with one attached hydrogen (secondary N) is 2. The first-order valence-electron chi connectivity index (χ1n) is 7.80. The molecule has 2 amide bonds. The van der Waals surface area contributed by atoms with Crippen LogP contribution in [-0.2, 0) is 9.59 Å². The predicted molar refractivity (Wildman–Crippen MR) is 87.9 cm³/mol. The van der Waals surface area contributed by atoms with Gasteiger partial charge in [0.15, 0.2) is 0 Å². The van der Waals surface area contributed by atoms with Crippen LogP contribution in [0.5, 0.6) is 5.75 Å². The molecule has 1 aliphatic rings. The molecule has 8 nitrogen and oxygen atoms in total. The monoisotopic (exact) mass is 335 g/mol. The van der Waals surface area contributed by atoms with E-state index in [-0.39, 0.29) is 23.2 Å². The number of nitrogens with zero attached hydrogens (tertiary/aromatic N) is 1. The molecule has 0 aromatic heterocycles. The van der Waals surface area contributed by atoms with Crippen molar-refractivity contribution in [2.75, 3.05) is 12.4 Å². The molecule has 8 heteroatoms. The van der Waals surface area contributed by atoms with Gasteiger partial charge in [-0.3, -0.25) is 19.7 Å². The van der Waals surface area contributed by atoms with Crippen molar-refractivity contribution in [2.24, 2.45) is 0 Å². The Hall–Kier alpha value is -2.64. The number of nitro benzene ring substituents is 1. The summed E-state index contributed by atoms with van der Waals surface area (Å²) in [5, 5.41) is 16.4. The van der Waals surface area contributed by atoms with Gasteiger partial charge in [0.2, 0.25) is 11.8 Å². The maximum Gasteiger partial charge on any atom is 0.271 e. The lowest BCUT2D eigenvalue weighted by atomic mass is 9.80. The van der Waals surface area contributed by atoms with Crippen molar-refractivity contribution in [3.63, 3.8) is 0 Å². The number of non-ortho nitro benzene ring substituents is 1. The quantitative estimate of drug-likeness (QED) is 0.634. The van der Waals surface area contributed by atoms with Gasteiger partial charge in [0.05, 0.1) is 17.7 Å². The lowest BCUT2D eigenvalue weighted by molar-refractivity contribution is -0.384. The molecule has 0 aliphatic heterocycles. The van der Waals surface area contributed by atoms with Crippen molar-refractivity contribution < 1.29 is 19.2 Å². The number of anilines is 1. The molecule has 130 valence electrons. The number of hydrogen-bond donors (Lipinski definition) is 2. The first kappa shape index (κ1) is 17.7. The van der Waals surface area contributed by atoms with Gasteiger partial charge < -0.3 is 15.4 Å². The third-order valence-corrected chi connectivity index (χ3v) is 4.20. The summed E-state index contributed by atoms with van der Waals surface area (Å²) in [4.78, 5) is 34.8. The minimum atomic E-state index is -0.986. The Labute approximate surface area is 139 Å². The van der Waals surface area contributed by atoms with Crippen LogP contribution in [0.2, 0.25) is 0 Å². The summed E-state index contributed by atoms with van der Waals surface area (Å²) in [6.07, 6.45) is 3.75. The number of ether oxygens (including phenoxy) is 1. The number of hydrogen-bond acceptors (Lipinski definition) is 5. The van der Waals surface area contributed by atoms with Crippen LogP contribution in [0.4, 0.5) is 11.4 Å². The first-order valence-corrected chi connectivity index (χ1v) is 7.80. The largest absolute Gasteiger partial charge is 0.495 e. The molecule has 0 bridgehead atoms. The fourth-order valence-electron chi connectivity index (χ4n) is 3.05. The minimum absolute atomic E-state index is 0.150. The summed E-state index contributed by atoms with van der Waals surface area (Å²) in [7, 11) is 1.42. The third kappa shape index (κ3) is 3.81. The highest BCUT2D eigenvalue weighted by Gasteiger charge is 2.40. The fraction of sp³-hybridized carbons (Fsp3) is 0.500. The average Bonchev–Trinajstić information content (AvgIpc) is 2.54. The van der Waals surface area contributed by atoms with Crippen molar-refractivity contribution in [1.29, 1.82) is 0 Å². The molecule has 1 saturated carbocycles. The van der Waals surface area contributed by atoms with Gasteiger partial charge in [0, 0.05) is 19.1 Å². The first-order chi connectivity index (χ1) is 11.4. The Morgan fingerprint density at radius 2 is 1.92 bits per heavy atom. The number of methoxy groups -OCH3 is 1. The highest BCUT2D eigenvalue weighted by atomic mass is 16.6. The normalized spacial score (nSPS) is 16.1. The van der Waals surface area contributed by atoms with E-state index in [2.05, 4.69) is 10.6 Å². The molecule has 1 aliphatic carbocycles. The predicted octanol–water partition coefficient (Wildman–Crippen LogP) is 2.38. The number of carbonyl (C=O) groups is 2. The molecule has 0 saturated heterocycles. The molecule has 2 rings (SSSR count). The lowest BCUT2D eigenvalue weighted by Gasteiger charge is -2.36.